The third kappa shape index (κ3) is 7.46. The molecule has 0 spiro atoms. The van der Waals surface area contributed by atoms with Crippen molar-refractivity contribution in [1.29, 1.82) is 0 Å². The molecule has 0 aliphatic carbocycles. The molecule has 36 heavy (non-hydrogen) atoms. The van der Waals surface area contributed by atoms with Gasteiger partial charge in [0, 0.05) is 61.5 Å². The summed E-state index contributed by atoms with van der Waals surface area (Å²) in [4.78, 5) is 28.1. The maximum Gasteiger partial charge on any atom is 0.339 e. The molecule has 2 aromatic carbocycles. The van der Waals surface area contributed by atoms with Crippen molar-refractivity contribution in [3.05, 3.63) is 48.0 Å². The highest BCUT2D eigenvalue weighted by atomic mass is 32.2. The fourth-order valence-electron chi connectivity index (χ4n) is 3.80. The van der Waals surface area contributed by atoms with Crippen molar-refractivity contribution in [1.82, 2.24) is 4.90 Å². The molecule has 0 fully saturated rings. The first-order valence-electron chi connectivity index (χ1n) is 12.4. The molecule has 0 radical (unpaired) electrons. The molecule has 0 aromatic heterocycles. The van der Waals surface area contributed by atoms with E-state index >= 15 is 0 Å². The van der Waals surface area contributed by atoms with Crippen LogP contribution in [0.15, 0.2) is 47.4 Å². The van der Waals surface area contributed by atoms with Gasteiger partial charge in [-0.15, -0.1) is 0 Å². The van der Waals surface area contributed by atoms with Crippen molar-refractivity contribution in [2.75, 3.05) is 23.3 Å². The van der Waals surface area contributed by atoms with E-state index in [1.807, 2.05) is 53.7 Å². The topological polar surface area (TPSA) is 96.0 Å². The van der Waals surface area contributed by atoms with Gasteiger partial charge in [0.1, 0.15) is 10.6 Å². The van der Waals surface area contributed by atoms with Crippen molar-refractivity contribution >= 4 is 33.3 Å². The van der Waals surface area contributed by atoms with Crippen molar-refractivity contribution in [3.8, 4) is 5.75 Å². The van der Waals surface area contributed by atoms with Crippen LogP contribution in [0.1, 0.15) is 60.5 Å². The SMILES string of the molecule is CCC(C)N(Cc1ccc(N(CC)CC)cc1OS(=O)(=O)c1ccc(NC(C)=O)cc1)C(=O)C(C)C. The summed E-state index contributed by atoms with van der Waals surface area (Å²) < 4.78 is 32.1. The standard InChI is InChI=1S/C27H39N3O5S/c1-8-20(6)30(27(32)19(4)5)18-22-11-14-24(29(9-2)10-3)17-26(22)35-36(33,34)25-15-12-23(13-16-25)28-21(7)31/h11-17,19-20H,8-10,18H2,1-7H3,(H,28,31). The van der Waals surface area contributed by atoms with E-state index < -0.39 is 10.1 Å². The van der Waals surface area contributed by atoms with Crippen LogP contribution in [0.5, 0.6) is 5.75 Å². The molecule has 9 heteroatoms. The van der Waals surface area contributed by atoms with Crippen LogP contribution in [0, 0.1) is 5.92 Å². The summed E-state index contributed by atoms with van der Waals surface area (Å²) in [6.07, 6.45) is 0.769. The van der Waals surface area contributed by atoms with E-state index in [1.165, 1.54) is 31.2 Å². The lowest BCUT2D eigenvalue weighted by Crippen LogP contribution is -2.40. The number of nitrogens with zero attached hydrogens (tertiary/aromatic N) is 2. The Kier molecular flexibility index (Phi) is 10.3. The molecular weight excluding hydrogens is 478 g/mol. The van der Waals surface area contributed by atoms with Crippen LogP contribution in [0.4, 0.5) is 11.4 Å². The highest BCUT2D eigenvalue weighted by molar-refractivity contribution is 7.87. The zero-order valence-electron chi connectivity index (χ0n) is 22.4. The van der Waals surface area contributed by atoms with Gasteiger partial charge in [-0.3, -0.25) is 9.59 Å². The smallest absolute Gasteiger partial charge is 0.339 e. The molecule has 0 heterocycles. The second kappa shape index (κ2) is 12.8. The summed E-state index contributed by atoms with van der Waals surface area (Å²) in [5, 5.41) is 2.61. The van der Waals surface area contributed by atoms with Gasteiger partial charge in [0.25, 0.3) is 0 Å². The lowest BCUT2D eigenvalue weighted by molar-refractivity contribution is -0.137. The minimum absolute atomic E-state index is 0.000429. The van der Waals surface area contributed by atoms with Gasteiger partial charge in [0.2, 0.25) is 11.8 Å². The van der Waals surface area contributed by atoms with Gasteiger partial charge in [0.15, 0.2) is 0 Å². The zero-order chi connectivity index (χ0) is 27.0. The molecule has 2 rings (SSSR count). The minimum Gasteiger partial charge on any atom is -0.379 e. The first kappa shape index (κ1) is 29.2. The fourth-order valence-corrected chi connectivity index (χ4v) is 4.76. The summed E-state index contributed by atoms with van der Waals surface area (Å²) in [6.45, 7) is 14.9. The van der Waals surface area contributed by atoms with Crippen molar-refractivity contribution in [2.45, 2.75) is 72.4 Å². The Hall–Kier alpha value is -3.07. The van der Waals surface area contributed by atoms with Crippen LogP contribution in [0.2, 0.25) is 0 Å². The number of carbonyl (C=O) groups is 2. The first-order valence-corrected chi connectivity index (χ1v) is 13.8. The number of rotatable bonds is 12. The minimum atomic E-state index is -4.17. The van der Waals surface area contributed by atoms with Crippen molar-refractivity contribution < 1.29 is 22.2 Å². The van der Waals surface area contributed by atoms with Gasteiger partial charge in [-0.05, 0) is 57.5 Å². The van der Waals surface area contributed by atoms with E-state index in [0.29, 0.717) is 11.3 Å². The number of amides is 2. The van der Waals surface area contributed by atoms with Gasteiger partial charge in [-0.25, -0.2) is 0 Å². The Morgan fingerprint density at radius 3 is 2.08 bits per heavy atom. The lowest BCUT2D eigenvalue weighted by Gasteiger charge is -2.31. The Morgan fingerprint density at radius 2 is 1.58 bits per heavy atom. The molecule has 0 aliphatic heterocycles. The second-order valence-electron chi connectivity index (χ2n) is 9.09. The summed E-state index contributed by atoms with van der Waals surface area (Å²) in [6, 6.07) is 11.3. The monoisotopic (exact) mass is 517 g/mol. The van der Waals surface area contributed by atoms with Crippen LogP contribution in [-0.4, -0.2) is 44.3 Å². The van der Waals surface area contributed by atoms with Crippen molar-refractivity contribution in [2.24, 2.45) is 5.92 Å². The maximum atomic E-state index is 13.2. The van der Waals surface area contributed by atoms with E-state index in [2.05, 4.69) is 10.2 Å². The Morgan fingerprint density at radius 1 is 0.972 bits per heavy atom. The number of hydrogen-bond acceptors (Lipinski definition) is 6. The lowest BCUT2D eigenvalue weighted by atomic mass is 10.1. The molecule has 8 nitrogen and oxygen atoms in total. The van der Waals surface area contributed by atoms with Gasteiger partial charge in [-0.1, -0.05) is 26.8 Å². The molecule has 0 saturated carbocycles. The molecule has 1 N–H and O–H groups in total. The Labute approximate surface area is 215 Å². The molecule has 198 valence electrons. The summed E-state index contributed by atoms with van der Waals surface area (Å²) in [7, 11) is -4.17. The second-order valence-corrected chi connectivity index (χ2v) is 10.6. The molecule has 2 aromatic rings. The van der Waals surface area contributed by atoms with E-state index in [9.17, 15) is 18.0 Å². The predicted molar refractivity (Wildman–Crippen MR) is 144 cm³/mol. The quantitative estimate of drug-likeness (QED) is 0.396. The summed E-state index contributed by atoms with van der Waals surface area (Å²) in [5.41, 5.74) is 1.93. The summed E-state index contributed by atoms with van der Waals surface area (Å²) in [5.74, 6) is -0.250. The highest BCUT2D eigenvalue weighted by Gasteiger charge is 2.25. The van der Waals surface area contributed by atoms with E-state index in [1.54, 1.807) is 11.0 Å². The largest absolute Gasteiger partial charge is 0.379 e. The number of carbonyl (C=O) groups excluding carboxylic acids is 2. The average molecular weight is 518 g/mol. The molecule has 0 aliphatic rings. The maximum absolute atomic E-state index is 13.2. The van der Waals surface area contributed by atoms with Gasteiger partial charge < -0.3 is 19.3 Å². The molecular formula is C27H39N3O5S. The highest BCUT2D eigenvalue weighted by Crippen LogP contribution is 2.31. The molecule has 1 atom stereocenters. The third-order valence-corrected chi connectivity index (χ3v) is 7.33. The number of hydrogen-bond donors (Lipinski definition) is 1. The normalized spacial score (nSPS) is 12.2. The van der Waals surface area contributed by atoms with E-state index in [0.717, 1.165) is 25.2 Å². The van der Waals surface area contributed by atoms with Crippen molar-refractivity contribution in [3.63, 3.8) is 0 Å². The van der Waals surface area contributed by atoms with Crippen LogP contribution >= 0.6 is 0 Å². The van der Waals surface area contributed by atoms with Gasteiger partial charge in [-0.2, -0.15) is 8.42 Å². The first-order chi connectivity index (χ1) is 16.9. The Bertz CT molecular complexity index is 1140. The molecule has 0 saturated heterocycles. The molecule has 2 amide bonds. The van der Waals surface area contributed by atoms with E-state index in [4.69, 9.17) is 4.18 Å². The number of benzene rings is 2. The van der Waals surface area contributed by atoms with Gasteiger partial charge >= 0.3 is 10.1 Å². The zero-order valence-corrected chi connectivity index (χ0v) is 23.2. The van der Waals surface area contributed by atoms with Crippen LogP contribution < -0.4 is 14.4 Å². The molecule has 0 bridgehead atoms. The Balaban J connectivity index is 2.51. The third-order valence-electron chi connectivity index (χ3n) is 6.08. The number of nitrogens with one attached hydrogen (secondary N) is 1. The van der Waals surface area contributed by atoms with E-state index in [-0.39, 0.29) is 41.0 Å². The van der Waals surface area contributed by atoms with Gasteiger partial charge in [0.05, 0.1) is 0 Å². The summed E-state index contributed by atoms with van der Waals surface area (Å²) >= 11 is 0. The average Bonchev–Trinajstić information content (AvgIpc) is 2.83. The fraction of sp³-hybridized carbons (Fsp3) is 0.481. The van der Waals surface area contributed by atoms with Crippen LogP contribution in [0.3, 0.4) is 0 Å². The molecule has 1 unspecified atom stereocenters. The van der Waals surface area contributed by atoms with Crippen LogP contribution in [0.25, 0.3) is 0 Å². The number of anilines is 2. The predicted octanol–water partition coefficient (Wildman–Crippen LogP) is 5.04. The van der Waals surface area contributed by atoms with Crippen LogP contribution in [-0.2, 0) is 26.3 Å².